The molecule has 0 saturated heterocycles. The van der Waals surface area contributed by atoms with Gasteiger partial charge >= 0.3 is 11.9 Å². The third kappa shape index (κ3) is 80.7. The number of carbonyl (C=O) groups excluding carboxylic acids is 2. The largest absolute Gasteiger partial charge is 0.502 e. The predicted molar refractivity (Wildman–Crippen MR) is 363 cm³/mol. The molecule has 0 saturated carbocycles. The van der Waals surface area contributed by atoms with E-state index in [-0.39, 0.29) is 19.6 Å². The molecule has 0 amide bonds. The van der Waals surface area contributed by atoms with Gasteiger partial charge in [0, 0.05) is 13.2 Å². The summed E-state index contributed by atoms with van der Waals surface area (Å²) in [5.41, 5.74) is 0. The van der Waals surface area contributed by atoms with Crippen molar-refractivity contribution >= 4 is 35.5 Å². The Morgan fingerprint density at radius 3 is 0.802 bits per heavy atom. The number of carbonyl (C=O) groups is 2. The summed E-state index contributed by atoms with van der Waals surface area (Å²) in [6, 6.07) is 0. The first-order valence-corrected chi connectivity index (χ1v) is 37.9. The number of unbranched alkanes of at least 4 members (excludes halogenated alkanes) is 51. The van der Waals surface area contributed by atoms with Crippen molar-refractivity contribution in [1.82, 2.24) is 0 Å². The minimum Gasteiger partial charge on any atom is -0.502 e. The molecule has 0 bridgehead atoms. The minimum atomic E-state index is -0.538. The first kappa shape index (κ1) is 81.7. The molecule has 0 radical (unpaired) electrons. The van der Waals surface area contributed by atoms with Crippen LogP contribution in [0.1, 0.15) is 374 Å². The Bertz CT molecular complexity index is 1190. The second-order valence-corrected chi connectivity index (χ2v) is 25.7. The summed E-state index contributed by atoms with van der Waals surface area (Å²) in [4.78, 5) is 23.5. The Morgan fingerprint density at radius 2 is 0.556 bits per heavy atom. The Balaban J connectivity index is 0. The normalized spacial score (nSPS) is 11.4. The molecule has 0 aromatic rings. The van der Waals surface area contributed by atoms with Crippen LogP contribution < -0.4 is 0 Å². The van der Waals surface area contributed by atoms with Gasteiger partial charge in [0.25, 0.3) is 0 Å². The van der Waals surface area contributed by atoms with Crippen molar-refractivity contribution in [3.8, 4) is 0 Å². The molecular formula is C73H140O6S2. The van der Waals surface area contributed by atoms with E-state index < -0.39 is 11.9 Å². The van der Waals surface area contributed by atoms with E-state index >= 15 is 0 Å². The monoisotopic (exact) mass is 1180 g/mol. The van der Waals surface area contributed by atoms with Crippen LogP contribution in [0.5, 0.6) is 0 Å². The summed E-state index contributed by atoms with van der Waals surface area (Å²) in [7, 11) is 0. The van der Waals surface area contributed by atoms with Gasteiger partial charge in [0.15, 0.2) is 0 Å². The van der Waals surface area contributed by atoms with Crippen LogP contribution in [0.15, 0.2) is 35.8 Å². The van der Waals surface area contributed by atoms with Crippen molar-refractivity contribution < 1.29 is 28.5 Å². The van der Waals surface area contributed by atoms with Crippen LogP contribution >= 0.6 is 23.5 Å². The zero-order valence-corrected chi connectivity index (χ0v) is 56.3. The van der Waals surface area contributed by atoms with Gasteiger partial charge in [0.2, 0.25) is 0 Å². The van der Waals surface area contributed by atoms with Crippen molar-refractivity contribution in [2.24, 2.45) is 0 Å². The van der Waals surface area contributed by atoms with Gasteiger partial charge in [-0.15, -0.1) is 23.5 Å². The Morgan fingerprint density at radius 1 is 0.321 bits per heavy atom. The molecule has 0 N–H and O–H groups in total. The number of hydrogen-bond acceptors (Lipinski definition) is 8. The van der Waals surface area contributed by atoms with E-state index in [9.17, 15) is 9.59 Å². The highest BCUT2D eigenvalue weighted by atomic mass is 32.2. The van der Waals surface area contributed by atoms with Crippen LogP contribution in [0.2, 0.25) is 0 Å². The third-order valence-electron chi connectivity index (χ3n) is 15.7. The lowest BCUT2D eigenvalue weighted by Crippen LogP contribution is -2.14. The lowest BCUT2D eigenvalue weighted by atomic mass is 10.0. The van der Waals surface area contributed by atoms with E-state index in [4.69, 9.17) is 18.9 Å². The maximum atomic E-state index is 11.8. The highest BCUT2D eigenvalue weighted by Crippen LogP contribution is 2.19. The molecule has 0 spiro atoms. The molecule has 0 heterocycles. The highest BCUT2D eigenvalue weighted by molar-refractivity contribution is 8.02. The van der Waals surface area contributed by atoms with Crippen LogP contribution in [0, 0.1) is 0 Å². The molecular weight excluding hydrogens is 1040 g/mol. The van der Waals surface area contributed by atoms with Gasteiger partial charge in [-0.3, -0.25) is 9.59 Å². The molecule has 0 aromatic carbocycles. The van der Waals surface area contributed by atoms with Crippen LogP contribution in [0.25, 0.3) is 0 Å². The highest BCUT2D eigenvalue weighted by Gasteiger charge is 2.11. The average Bonchev–Trinajstić information content (AvgIpc) is 3.47. The number of rotatable bonds is 69. The van der Waals surface area contributed by atoms with E-state index in [0.29, 0.717) is 0 Å². The predicted octanol–water partition coefficient (Wildman–Crippen LogP) is 25.2. The molecule has 0 fully saturated rings. The lowest BCUT2D eigenvalue weighted by molar-refractivity contribution is -0.153. The molecule has 8 heteroatoms. The summed E-state index contributed by atoms with van der Waals surface area (Å²) in [5.74, 6) is 1.11. The fraction of sp³-hybridized carbons (Fsp3) is 0.890. The molecule has 0 unspecified atom stereocenters. The first-order valence-electron chi connectivity index (χ1n) is 35.8. The Kier molecular flexibility index (Phi) is 79.3. The van der Waals surface area contributed by atoms with E-state index in [1.54, 1.807) is 29.8 Å². The van der Waals surface area contributed by atoms with Gasteiger partial charge in [-0.2, -0.15) is 0 Å². The maximum Gasteiger partial charge on any atom is 0.317 e. The van der Waals surface area contributed by atoms with E-state index in [1.165, 1.54) is 347 Å². The van der Waals surface area contributed by atoms with Crippen LogP contribution in [-0.2, 0) is 28.5 Å². The molecule has 6 nitrogen and oxygen atoms in total. The third-order valence-corrected chi connectivity index (χ3v) is 17.5. The van der Waals surface area contributed by atoms with Crippen molar-refractivity contribution in [1.29, 1.82) is 0 Å². The second kappa shape index (κ2) is 78.6. The smallest absolute Gasteiger partial charge is 0.317 e. The fourth-order valence-corrected chi connectivity index (χ4v) is 11.9. The van der Waals surface area contributed by atoms with Gasteiger partial charge in [-0.25, -0.2) is 0 Å². The summed E-state index contributed by atoms with van der Waals surface area (Å²) in [6.07, 6.45) is 80.9. The maximum absolute atomic E-state index is 11.8. The molecule has 0 aliphatic rings. The minimum absolute atomic E-state index is 0.201. The number of thioether (sulfide) groups is 2. The second-order valence-electron chi connectivity index (χ2n) is 23.6. The van der Waals surface area contributed by atoms with Crippen LogP contribution in [0.3, 0.4) is 0 Å². The van der Waals surface area contributed by atoms with Gasteiger partial charge in [-0.1, -0.05) is 341 Å². The standard InChI is InChI=1S/C40H80O2.C33H60O4S2/c1-3-41-39-37-35-33-31-29-27-25-23-21-19-17-15-13-11-9-7-5-6-8-10-12-14-16-18-20-22-24-26-28-30-32-34-36-38-40-42-4-2;1-3-5-7-9-11-13-15-17-19-21-27-38-29-23-25-36-32(34)31-33(35)37-26-24-30-39-28-22-20-18-16-14-12-10-8-6-4-2/h3H,1,4-40H2,2H3;23-24,29-30H,3-22,25-28,31H2,1-2H3/b;29-23+,30-24+. The fourth-order valence-electron chi connectivity index (χ4n) is 10.5. The quantitative estimate of drug-likeness (QED) is 0.0258. The van der Waals surface area contributed by atoms with Crippen molar-refractivity contribution in [2.75, 3.05) is 44.5 Å². The SMILES string of the molecule is C=COCCCCCCCCCCCCCCCCCCCCCCCCCCCCCCCCCCCCOCC.CCCCCCCCCCCCS/C=C/COC(=O)CC(=O)OC/C=C/SCCCCCCCCCCCC. The van der Waals surface area contributed by atoms with Crippen LogP contribution in [-0.4, -0.2) is 56.5 Å². The summed E-state index contributed by atoms with van der Waals surface area (Å²) >= 11 is 3.50. The van der Waals surface area contributed by atoms with E-state index in [1.807, 2.05) is 23.0 Å². The van der Waals surface area contributed by atoms with Gasteiger partial charge < -0.3 is 18.9 Å². The molecule has 0 atom stereocenters. The van der Waals surface area contributed by atoms with Gasteiger partial charge in [0.1, 0.15) is 19.6 Å². The van der Waals surface area contributed by atoms with E-state index in [0.717, 1.165) is 31.3 Å². The average molecular weight is 1180 g/mol. The first-order chi connectivity index (χ1) is 40.1. The van der Waals surface area contributed by atoms with Crippen molar-refractivity contribution in [3.63, 3.8) is 0 Å². The summed E-state index contributed by atoms with van der Waals surface area (Å²) in [6.45, 7) is 13.3. The Hall–Kier alpha value is -1.38. The van der Waals surface area contributed by atoms with Crippen molar-refractivity contribution in [3.05, 3.63) is 35.8 Å². The number of esters is 2. The molecule has 0 aliphatic carbocycles. The molecule has 81 heavy (non-hydrogen) atoms. The number of hydrogen-bond donors (Lipinski definition) is 0. The summed E-state index contributed by atoms with van der Waals surface area (Å²) in [5, 5.41) is 3.97. The van der Waals surface area contributed by atoms with Crippen molar-refractivity contribution in [2.45, 2.75) is 374 Å². The molecule has 0 rings (SSSR count). The van der Waals surface area contributed by atoms with Gasteiger partial charge in [0.05, 0.1) is 12.9 Å². The number of ether oxygens (including phenoxy) is 4. The topological polar surface area (TPSA) is 71.1 Å². The Labute approximate surface area is 515 Å². The molecule has 480 valence electrons. The molecule has 0 aromatic heterocycles. The van der Waals surface area contributed by atoms with Gasteiger partial charge in [-0.05, 0) is 67.1 Å². The zero-order chi connectivity index (χ0) is 58.8. The lowest BCUT2D eigenvalue weighted by Gasteiger charge is -2.05. The van der Waals surface area contributed by atoms with Crippen LogP contribution in [0.4, 0.5) is 0 Å². The summed E-state index contributed by atoms with van der Waals surface area (Å²) < 4.78 is 20.7. The molecule has 0 aliphatic heterocycles. The zero-order valence-electron chi connectivity index (χ0n) is 54.7. The van der Waals surface area contributed by atoms with E-state index in [2.05, 4.69) is 27.4 Å².